The average molecular weight is 1030 g/mol. The number of carbonyl (C=O) groups is 1. The van der Waals surface area contributed by atoms with Gasteiger partial charge in [-0.2, -0.15) is 0 Å². The molecule has 1 heterocycles. The fourth-order valence-corrected chi connectivity index (χ4v) is 10.7. The van der Waals surface area contributed by atoms with Gasteiger partial charge in [0.25, 0.3) is 0 Å². The van der Waals surface area contributed by atoms with Crippen molar-refractivity contribution >= 4 is 94.9 Å². The molecule has 0 spiro atoms. The molecule has 0 saturated heterocycles. The highest BCUT2D eigenvalue weighted by Gasteiger charge is 2.25. The van der Waals surface area contributed by atoms with Crippen LogP contribution in [0.2, 0.25) is 0 Å². The number of fused-ring (bicyclic) bond motifs is 7. The topological polar surface area (TPSA) is 99.5 Å². The van der Waals surface area contributed by atoms with E-state index < -0.39 is 0 Å². The molecule has 0 fully saturated rings. The molecule has 8 heteroatoms. The number of ketones is 1. The first-order valence-electron chi connectivity index (χ1n) is 27.0. The molecule has 12 aromatic rings. The lowest BCUT2D eigenvalue weighted by atomic mass is 9.86. The van der Waals surface area contributed by atoms with Crippen molar-refractivity contribution in [3.05, 3.63) is 259 Å². The number of azo groups is 1. The average Bonchev–Trinajstić information content (AvgIpc) is 3.57. The lowest BCUT2D eigenvalue weighted by Gasteiger charge is -2.26. The third-order valence-corrected chi connectivity index (χ3v) is 14.7. The van der Waals surface area contributed by atoms with Crippen LogP contribution in [-0.2, 0) is 5.41 Å². The molecule has 0 unspecified atom stereocenters. The Kier molecular flexibility index (Phi) is 13.3. The molecule has 0 aliphatic rings. The number of benzene rings is 11. The zero-order valence-corrected chi connectivity index (χ0v) is 44.9. The smallest absolute Gasteiger partial charge is 0.193 e. The second-order valence-corrected chi connectivity index (χ2v) is 21.5. The number of hydrogen-bond acceptors (Lipinski definition) is 6. The molecular weight excluding hydrogens is 967 g/mol. The minimum atomic E-state index is -0.0237. The molecule has 0 aliphatic heterocycles. The van der Waals surface area contributed by atoms with Gasteiger partial charge in [-0.1, -0.05) is 192 Å². The summed E-state index contributed by atoms with van der Waals surface area (Å²) in [5.41, 5.74) is 25.2. The molecule has 11 aromatic carbocycles. The van der Waals surface area contributed by atoms with Gasteiger partial charge in [0.2, 0.25) is 0 Å². The molecule has 2 N–H and O–H groups in total. The summed E-state index contributed by atoms with van der Waals surface area (Å²) in [6, 6.07) is 80.4. The van der Waals surface area contributed by atoms with Crippen LogP contribution in [0.4, 0.5) is 45.5 Å². The van der Waals surface area contributed by atoms with E-state index in [1.165, 1.54) is 5.56 Å². The predicted octanol–water partition coefficient (Wildman–Crippen LogP) is 18.4. The third-order valence-electron chi connectivity index (χ3n) is 14.7. The number of nitrogens with zero attached hydrogens (tertiary/aromatic N) is 5. The molecular formula is C71H59N7O. The fourth-order valence-electron chi connectivity index (χ4n) is 10.7. The van der Waals surface area contributed by atoms with Gasteiger partial charge in [-0.25, -0.2) is 9.97 Å². The number of hydrogen-bond donors (Lipinski definition) is 1. The summed E-state index contributed by atoms with van der Waals surface area (Å²) >= 11 is 0. The predicted molar refractivity (Wildman–Crippen MR) is 328 cm³/mol. The lowest BCUT2D eigenvalue weighted by molar-refractivity contribution is -0.533. The van der Waals surface area contributed by atoms with Gasteiger partial charge in [-0.15, -0.1) is 5.11 Å². The lowest BCUT2D eigenvalue weighted by Crippen LogP contribution is -2.67. The third kappa shape index (κ3) is 9.63. The Morgan fingerprint density at radius 1 is 0.456 bits per heavy atom. The van der Waals surface area contributed by atoms with E-state index in [2.05, 4.69) is 207 Å². The maximum Gasteiger partial charge on any atom is 0.193 e. The van der Waals surface area contributed by atoms with Gasteiger partial charge in [0.1, 0.15) is 11.2 Å². The monoisotopic (exact) mass is 1030 g/mol. The van der Waals surface area contributed by atoms with Gasteiger partial charge in [-0.05, 0) is 128 Å². The summed E-state index contributed by atoms with van der Waals surface area (Å²) in [6.45, 7) is 11.4. The summed E-state index contributed by atoms with van der Waals surface area (Å²) in [6.07, 6.45) is 0. The van der Waals surface area contributed by atoms with Gasteiger partial charge >= 0.3 is 0 Å². The highest BCUT2D eigenvalue weighted by Crippen LogP contribution is 2.51. The molecule has 8 nitrogen and oxygen atoms in total. The van der Waals surface area contributed by atoms with E-state index in [0.29, 0.717) is 45.9 Å². The Morgan fingerprint density at radius 3 is 1.23 bits per heavy atom. The van der Waals surface area contributed by atoms with E-state index in [0.717, 1.165) is 83.4 Å². The Labute approximate surface area is 461 Å². The highest BCUT2D eigenvalue weighted by molar-refractivity contribution is 6.25. The SMILES string of the molecule is CC(C)C[NH+]=Nc1c([NH-])c(-c2ccc(N(c3ccccc3)c3ccc(C(=O)c4ccc(C(C)(C)C)cc4)cc3)cc2)c2nc3c4ccccc4c4ccccc4c3nc2c1-c1ccc(N(c2ccccc2)c2ccccc2)cc1. The molecule has 0 radical (unpaired) electrons. The van der Waals surface area contributed by atoms with Crippen molar-refractivity contribution in [3.8, 4) is 22.3 Å². The van der Waals surface area contributed by atoms with Crippen LogP contribution >= 0.6 is 0 Å². The van der Waals surface area contributed by atoms with Crippen LogP contribution in [0.5, 0.6) is 0 Å². The quantitative estimate of drug-likeness (QED) is 0.0537. The van der Waals surface area contributed by atoms with E-state index in [1.54, 1.807) is 0 Å². The first kappa shape index (κ1) is 50.1. The van der Waals surface area contributed by atoms with Crippen LogP contribution in [0.1, 0.15) is 56.1 Å². The number of anilines is 6. The summed E-state index contributed by atoms with van der Waals surface area (Å²) in [5, 5.41) is 12.7. The van der Waals surface area contributed by atoms with Gasteiger partial charge in [0.05, 0.1) is 16.6 Å². The highest BCUT2D eigenvalue weighted by atomic mass is 16.1. The molecule has 1 aromatic heterocycles. The molecule has 0 saturated carbocycles. The Bertz CT molecular complexity index is 4170. The fraction of sp³-hybridized carbons (Fsp3) is 0.113. The van der Waals surface area contributed by atoms with E-state index >= 15 is 0 Å². The van der Waals surface area contributed by atoms with E-state index in [9.17, 15) is 10.5 Å². The van der Waals surface area contributed by atoms with E-state index in [4.69, 9.17) is 15.1 Å². The van der Waals surface area contributed by atoms with Crippen LogP contribution in [0, 0.1) is 5.92 Å². The molecule has 384 valence electrons. The largest absolute Gasteiger partial charge is 0.696 e. The number of nitrogens with one attached hydrogen (secondary N) is 2. The number of rotatable bonds is 13. The second-order valence-electron chi connectivity index (χ2n) is 21.5. The molecule has 0 aliphatic carbocycles. The summed E-state index contributed by atoms with van der Waals surface area (Å²) < 4.78 is 0. The minimum Gasteiger partial charge on any atom is -0.696 e. The molecule has 0 atom stereocenters. The van der Waals surface area contributed by atoms with Gasteiger partial charge in [0.15, 0.2) is 12.3 Å². The Hall–Kier alpha value is -9.79. The number of aromatic nitrogens is 2. The van der Waals surface area contributed by atoms with Crippen molar-refractivity contribution in [2.45, 2.75) is 40.0 Å². The molecule has 0 bridgehead atoms. The Balaban J connectivity index is 1.04. The molecule has 12 rings (SSSR count). The van der Waals surface area contributed by atoms with Crippen LogP contribution in [-0.4, -0.2) is 22.3 Å². The van der Waals surface area contributed by atoms with E-state index in [-0.39, 0.29) is 16.9 Å². The standard InChI is InChI=1S/C71H58N7O/c1-46(2)45-73-76-67-63(48-33-41-55(42-34-48)77(52-19-9-6-10-20-52)53-21-11-7-12-22-53)69-68(74-65-60-27-17-15-25-58(60)59-26-16-18-28-61(59)66(65)75-69)62(64(67)72)47-31-39-56(40-32-47)78(54-23-13-8-14-24-54)57-43-35-50(36-44-57)70(79)49-29-37-51(38-30-49)71(3,4)5/h6-44,46H,45H2,1-5H3,(H-,72,73,74)/q-1/p+1. The zero-order chi connectivity index (χ0) is 54.2. The van der Waals surface area contributed by atoms with Crippen molar-refractivity contribution in [2.24, 2.45) is 11.0 Å². The summed E-state index contributed by atoms with van der Waals surface area (Å²) in [5.74, 6) is 0.276. The number of para-hydroxylation sites is 3. The van der Waals surface area contributed by atoms with E-state index in [1.807, 2.05) is 78.9 Å². The van der Waals surface area contributed by atoms with Gasteiger partial charge in [-0.3, -0.25) is 4.79 Å². The summed E-state index contributed by atoms with van der Waals surface area (Å²) in [4.78, 5) is 29.6. The van der Waals surface area contributed by atoms with Crippen molar-refractivity contribution in [1.82, 2.24) is 9.97 Å². The molecule has 0 amide bonds. The van der Waals surface area contributed by atoms with Crippen molar-refractivity contribution in [3.63, 3.8) is 0 Å². The van der Waals surface area contributed by atoms with Crippen LogP contribution in [0.25, 0.3) is 71.6 Å². The van der Waals surface area contributed by atoms with Crippen LogP contribution in [0.3, 0.4) is 0 Å². The van der Waals surface area contributed by atoms with Crippen molar-refractivity contribution < 1.29 is 9.91 Å². The van der Waals surface area contributed by atoms with Gasteiger partial charge in [0, 0.05) is 67.5 Å². The maximum atomic E-state index is 13.8. The normalized spacial score (nSPS) is 11.8. The van der Waals surface area contributed by atoms with Crippen LogP contribution < -0.4 is 14.9 Å². The van der Waals surface area contributed by atoms with Gasteiger partial charge < -0.3 is 15.5 Å². The number of carbonyl (C=O) groups excluding carboxylic acids is 1. The summed E-state index contributed by atoms with van der Waals surface area (Å²) in [7, 11) is 0. The first-order valence-corrected chi connectivity index (χ1v) is 27.0. The van der Waals surface area contributed by atoms with Crippen molar-refractivity contribution in [1.29, 1.82) is 0 Å². The second kappa shape index (κ2) is 21.0. The first-order chi connectivity index (χ1) is 38.5. The van der Waals surface area contributed by atoms with Crippen molar-refractivity contribution in [2.75, 3.05) is 16.3 Å². The zero-order valence-electron chi connectivity index (χ0n) is 44.9. The van der Waals surface area contributed by atoms with Crippen LogP contribution in [0.15, 0.2) is 242 Å². The minimum absolute atomic E-state index is 0.00846. The molecule has 79 heavy (non-hydrogen) atoms. The maximum absolute atomic E-state index is 13.8. The Morgan fingerprint density at radius 2 is 0.810 bits per heavy atom.